The summed E-state index contributed by atoms with van der Waals surface area (Å²) in [5.41, 5.74) is 0.943. The smallest absolute Gasteiger partial charge is 0.261 e. The molecule has 0 fully saturated rings. The first kappa shape index (κ1) is 18.9. The Labute approximate surface area is 146 Å². The number of methoxy groups -OCH3 is 1. The van der Waals surface area contributed by atoms with Gasteiger partial charge in [-0.05, 0) is 55.0 Å². The average Bonchev–Trinajstić information content (AvgIpc) is 2.57. The quantitative estimate of drug-likeness (QED) is 0.737. The maximum absolute atomic E-state index is 13.3. The van der Waals surface area contributed by atoms with Crippen molar-refractivity contribution >= 4 is 21.6 Å². The molecule has 25 heavy (non-hydrogen) atoms. The van der Waals surface area contributed by atoms with Crippen molar-refractivity contribution in [2.45, 2.75) is 11.8 Å². The number of hydrogen-bond donors (Lipinski definition) is 2. The maximum Gasteiger partial charge on any atom is 0.261 e. The van der Waals surface area contributed by atoms with Gasteiger partial charge in [0.25, 0.3) is 15.9 Å². The average molecular weight is 366 g/mol. The summed E-state index contributed by atoms with van der Waals surface area (Å²) < 4.78 is 45.2. The monoisotopic (exact) mass is 366 g/mol. The Hall–Kier alpha value is -2.45. The lowest BCUT2D eigenvalue weighted by atomic mass is 10.2. The largest absolute Gasteiger partial charge is 0.383 e. The zero-order chi connectivity index (χ0) is 18.4. The second-order valence-electron chi connectivity index (χ2n) is 5.34. The van der Waals surface area contributed by atoms with Crippen LogP contribution in [0, 0.1) is 12.7 Å². The molecule has 0 aliphatic carbocycles. The number of anilines is 1. The molecule has 0 spiro atoms. The summed E-state index contributed by atoms with van der Waals surface area (Å²) in [4.78, 5) is 11.8. The van der Waals surface area contributed by atoms with Gasteiger partial charge in [0, 0.05) is 24.9 Å². The molecule has 0 bridgehead atoms. The molecule has 0 unspecified atom stereocenters. The topological polar surface area (TPSA) is 84.5 Å². The highest BCUT2D eigenvalue weighted by Gasteiger charge is 2.16. The molecule has 0 aliphatic heterocycles. The molecule has 0 saturated heterocycles. The van der Waals surface area contributed by atoms with Crippen LogP contribution in [-0.4, -0.2) is 34.6 Å². The Morgan fingerprint density at radius 3 is 2.44 bits per heavy atom. The van der Waals surface area contributed by atoms with Crippen LogP contribution in [0.25, 0.3) is 0 Å². The van der Waals surface area contributed by atoms with E-state index >= 15 is 0 Å². The Bertz CT molecular complexity index is 851. The van der Waals surface area contributed by atoms with Crippen molar-refractivity contribution in [1.29, 1.82) is 0 Å². The van der Waals surface area contributed by atoms with E-state index in [2.05, 4.69) is 10.0 Å². The lowest BCUT2D eigenvalue weighted by molar-refractivity contribution is 0.0937. The number of carbonyl (C=O) groups excluding carboxylic acids is 1. The van der Waals surface area contributed by atoms with Gasteiger partial charge in [0.1, 0.15) is 5.82 Å². The third-order valence-electron chi connectivity index (χ3n) is 3.43. The summed E-state index contributed by atoms with van der Waals surface area (Å²) in [6.45, 7) is 2.28. The highest BCUT2D eigenvalue weighted by molar-refractivity contribution is 7.92. The van der Waals surface area contributed by atoms with Gasteiger partial charge in [0.05, 0.1) is 11.5 Å². The molecule has 0 radical (unpaired) electrons. The number of sulfonamides is 1. The predicted molar refractivity (Wildman–Crippen MR) is 92.6 cm³/mol. The molecule has 0 atom stereocenters. The Balaban J connectivity index is 2.09. The second kappa shape index (κ2) is 8.09. The highest BCUT2D eigenvalue weighted by atomic mass is 32.2. The van der Waals surface area contributed by atoms with Crippen LogP contribution in [0.4, 0.5) is 10.1 Å². The van der Waals surface area contributed by atoms with E-state index in [1.165, 1.54) is 50.4 Å². The number of benzene rings is 2. The summed E-state index contributed by atoms with van der Waals surface area (Å²) in [7, 11) is -2.30. The third-order valence-corrected chi connectivity index (χ3v) is 4.81. The molecule has 0 saturated carbocycles. The lowest BCUT2D eigenvalue weighted by Crippen LogP contribution is -2.26. The van der Waals surface area contributed by atoms with Crippen molar-refractivity contribution in [3.8, 4) is 0 Å². The molecular formula is C17H19FN2O4S. The Morgan fingerprint density at radius 1 is 1.16 bits per heavy atom. The van der Waals surface area contributed by atoms with Crippen molar-refractivity contribution in [3.05, 3.63) is 59.4 Å². The molecule has 1 amide bonds. The van der Waals surface area contributed by atoms with Crippen molar-refractivity contribution in [2.75, 3.05) is 25.0 Å². The summed E-state index contributed by atoms with van der Waals surface area (Å²) >= 11 is 0. The van der Waals surface area contributed by atoms with E-state index in [-0.39, 0.29) is 16.4 Å². The third kappa shape index (κ3) is 5.01. The van der Waals surface area contributed by atoms with Crippen molar-refractivity contribution < 1.29 is 22.3 Å². The molecule has 134 valence electrons. The fourth-order valence-corrected chi connectivity index (χ4v) is 3.20. The summed E-state index contributed by atoms with van der Waals surface area (Å²) in [5.74, 6) is -0.747. The van der Waals surface area contributed by atoms with Crippen LogP contribution >= 0.6 is 0 Å². The van der Waals surface area contributed by atoms with Gasteiger partial charge in [0.2, 0.25) is 0 Å². The number of halogens is 1. The molecule has 2 aromatic carbocycles. The highest BCUT2D eigenvalue weighted by Crippen LogP contribution is 2.19. The van der Waals surface area contributed by atoms with Gasteiger partial charge >= 0.3 is 0 Å². The van der Waals surface area contributed by atoms with Gasteiger partial charge in [-0.15, -0.1) is 0 Å². The lowest BCUT2D eigenvalue weighted by Gasteiger charge is -2.10. The molecule has 2 rings (SSSR count). The molecular weight excluding hydrogens is 347 g/mol. The molecule has 6 nitrogen and oxygen atoms in total. The van der Waals surface area contributed by atoms with Gasteiger partial charge in [0.15, 0.2) is 0 Å². The Kier molecular flexibility index (Phi) is 6.11. The van der Waals surface area contributed by atoms with Crippen LogP contribution < -0.4 is 10.0 Å². The molecule has 0 heterocycles. The van der Waals surface area contributed by atoms with Crippen LogP contribution in [0.1, 0.15) is 15.9 Å². The van der Waals surface area contributed by atoms with E-state index in [0.717, 1.165) is 6.07 Å². The standard InChI is InChI=1S/C17H19FN2O4S/c1-12-11-15(7-8-16(12)18)25(22,23)20-14-5-3-13(4-6-14)17(21)19-9-10-24-2/h3-8,11,20H,9-10H2,1-2H3,(H,19,21). The first-order chi connectivity index (χ1) is 11.8. The summed E-state index contributed by atoms with van der Waals surface area (Å²) in [6.07, 6.45) is 0. The molecule has 0 aromatic heterocycles. The van der Waals surface area contributed by atoms with Crippen molar-refractivity contribution in [2.24, 2.45) is 0 Å². The number of ether oxygens (including phenoxy) is 1. The number of rotatable bonds is 7. The van der Waals surface area contributed by atoms with Crippen molar-refractivity contribution in [3.63, 3.8) is 0 Å². The van der Waals surface area contributed by atoms with Crippen LogP contribution in [-0.2, 0) is 14.8 Å². The zero-order valence-corrected chi connectivity index (χ0v) is 14.7. The fourth-order valence-electron chi connectivity index (χ4n) is 2.06. The van der Waals surface area contributed by atoms with Crippen molar-refractivity contribution in [1.82, 2.24) is 5.32 Å². The van der Waals surface area contributed by atoms with Gasteiger partial charge < -0.3 is 10.1 Å². The minimum Gasteiger partial charge on any atom is -0.383 e. The second-order valence-corrected chi connectivity index (χ2v) is 7.02. The predicted octanol–water partition coefficient (Wildman–Crippen LogP) is 2.31. The van der Waals surface area contributed by atoms with Gasteiger partial charge in [-0.2, -0.15) is 0 Å². The minimum absolute atomic E-state index is 0.0345. The molecule has 0 aliphatic rings. The first-order valence-corrected chi connectivity index (χ1v) is 8.98. The normalized spacial score (nSPS) is 11.2. The van der Waals surface area contributed by atoms with Gasteiger partial charge in [-0.1, -0.05) is 0 Å². The van der Waals surface area contributed by atoms with Crippen LogP contribution in [0.3, 0.4) is 0 Å². The number of aryl methyl sites for hydroxylation is 1. The summed E-state index contributed by atoms with van der Waals surface area (Å²) in [6, 6.07) is 9.55. The van der Waals surface area contributed by atoms with E-state index in [1.807, 2.05) is 0 Å². The van der Waals surface area contributed by atoms with E-state index in [0.29, 0.717) is 24.4 Å². The number of amides is 1. The SMILES string of the molecule is COCCNC(=O)c1ccc(NS(=O)(=O)c2ccc(F)c(C)c2)cc1. The van der Waals surface area contributed by atoms with Crippen LogP contribution in [0.2, 0.25) is 0 Å². The van der Waals surface area contributed by atoms with Crippen LogP contribution in [0.5, 0.6) is 0 Å². The van der Waals surface area contributed by atoms with E-state index in [4.69, 9.17) is 4.74 Å². The minimum atomic E-state index is -3.84. The summed E-state index contributed by atoms with van der Waals surface area (Å²) in [5, 5.41) is 2.67. The first-order valence-electron chi connectivity index (χ1n) is 7.49. The van der Waals surface area contributed by atoms with E-state index in [1.54, 1.807) is 0 Å². The van der Waals surface area contributed by atoms with Gasteiger partial charge in [-0.3, -0.25) is 9.52 Å². The molecule has 8 heteroatoms. The zero-order valence-electron chi connectivity index (χ0n) is 13.9. The Morgan fingerprint density at radius 2 is 1.84 bits per heavy atom. The van der Waals surface area contributed by atoms with E-state index in [9.17, 15) is 17.6 Å². The van der Waals surface area contributed by atoms with Crippen LogP contribution in [0.15, 0.2) is 47.4 Å². The van der Waals surface area contributed by atoms with Gasteiger partial charge in [-0.25, -0.2) is 12.8 Å². The van der Waals surface area contributed by atoms with E-state index < -0.39 is 15.8 Å². The number of hydrogen-bond acceptors (Lipinski definition) is 4. The fraction of sp³-hybridized carbons (Fsp3) is 0.235. The molecule has 2 aromatic rings. The maximum atomic E-state index is 13.3. The number of carbonyl (C=O) groups is 1. The number of nitrogens with one attached hydrogen (secondary N) is 2. The molecule has 2 N–H and O–H groups in total.